The van der Waals surface area contributed by atoms with Crippen molar-refractivity contribution in [3.63, 3.8) is 0 Å². The van der Waals surface area contributed by atoms with E-state index in [-0.39, 0.29) is 21.0 Å². The molecule has 0 bridgehead atoms. The quantitative estimate of drug-likeness (QED) is 0.487. The Kier molecular flexibility index (Phi) is 8.03. The largest absolute Gasteiger partial charge is 0.478 e. The third-order valence-corrected chi connectivity index (χ3v) is 4.68. The molecule has 0 fully saturated rings. The number of phosphoric ester groups is 1. The van der Waals surface area contributed by atoms with Gasteiger partial charge in [0.1, 0.15) is 0 Å². The van der Waals surface area contributed by atoms with Crippen LogP contribution in [0.4, 0.5) is 0 Å². The fraction of sp³-hybridized carbons (Fsp3) is 1.00. The highest BCUT2D eigenvalue weighted by Crippen LogP contribution is 2.56. The van der Waals surface area contributed by atoms with Gasteiger partial charge in [-0.25, -0.2) is 4.57 Å². The van der Waals surface area contributed by atoms with Gasteiger partial charge >= 0.3 is 7.82 Å². The summed E-state index contributed by atoms with van der Waals surface area (Å²) in [5.41, 5.74) is 0. The van der Waals surface area contributed by atoms with E-state index in [1.165, 1.54) is 0 Å². The lowest BCUT2D eigenvalue weighted by atomic mass is 10.5. The van der Waals surface area contributed by atoms with E-state index in [2.05, 4.69) is 0 Å². The molecule has 1 atom stereocenters. The smallest absolute Gasteiger partial charge is 0.284 e. The molecule has 0 aliphatic carbocycles. The van der Waals surface area contributed by atoms with Crippen molar-refractivity contribution in [2.75, 3.05) is 6.16 Å². The van der Waals surface area contributed by atoms with Gasteiger partial charge in [-0.2, -0.15) is 0 Å². The van der Waals surface area contributed by atoms with Gasteiger partial charge in [0.15, 0.2) is 0 Å². The molecule has 0 saturated carbocycles. The lowest BCUT2D eigenvalue weighted by Gasteiger charge is -2.21. The van der Waals surface area contributed by atoms with Crippen molar-refractivity contribution in [3.8, 4) is 0 Å². The Morgan fingerprint density at radius 2 is 1.60 bits per heavy atom. The van der Waals surface area contributed by atoms with Crippen LogP contribution in [0.15, 0.2) is 0 Å². The topological polar surface area (TPSA) is 44.8 Å². The molecule has 0 saturated heterocycles. The van der Waals surface area contributed by atoms with E-state index in [1.54, 1.807) is 0 Å². The highest BCUT2D eigenvalue weighted by atomic mass is 31.2. The summed E-state index contributed by atoms with van der Waals surface area (Å²) in [6, 6.07) is 0. The van der Waals surface area contributed by atoms with Crippen molar-refractivity contribution in [2.24, 2.45) is 0 Å². The molecule has 0 aromatic heterocycles. The second-order valence-corrected chi connectivity index (χ2v) is 6.58. The van der Waals surface area contributed by atoms with Gasteiger partial charge in [-0.3, -0.25) is 13.4 Å². The molecular weight excluding hydrogens is 234 g/mol. The molecule has 4 nitrogen and oxygen atoms in total. The fourth-order valence-corrected chi connectivity index (χ4v) is 3.44. The molecule has 15 heavy (non-hydrogen) atoms. The predicted octanol–water partition coefficient (Wildman–Crippen LogP) is 3.96. The molecule has 0 N–H and O–H groups in total. The van der Waals surface area contributed by atoms with Gasteiger partial charge in [0.05, 0.1) is 12.2 Å². The Morgan fingerprint density at radius 3 is 1.93 bits per heavy atom. The van der Waals surface area contributed by atoms with Gasteiger partial charge < -0.3 is 0 Å². The molecule has 0 heterocycles. The molecule has 0 rings (SSSR count). The van der Waals surface area contributed by atoms with Crippen molar-refractivity contribution in [1.82, 2.24) is 0 Å². The average Bonchev–Trinajstić information content (AvgIpc) is 2.00. The van der Waals surface area contributed by atoms with Gasteiger partial charge in [-0.05, 0) is 33.9 Å². The minimum atomic E-state index is -3.35. The van der Waals surface area contributed by atoms with Crippen LogP contribution < -0.4 is 0 Å². The first-order chi connectivity index (χ1) is 6.89. The molecule has 0 spiro atoms. The first-order valence-corrected chi connectivity index (χ1v) is 7.85. The van der Waals surface area contributed by atoms with Crippen molar-refractivity contribution < 1.29 is 17.9 Å². The number of rotatable bonds is 8. The number of hydrogen-bond acceptors (Lipinski definition) is 4. The lowest BCUT2D eigenvalue weighted by molar-refractivity contribution is 0.107. The second-order valence-electron chi connectivity index (χ2n) is 3.74. The first kappa shape index (κ1) is 15.5. The summed E-state index contributed by atoms with van der Waals surface area (Å²) >= 11 is 0. The maximum atomic E-state index is 12.0. The van der Waals surface area contributed by atoms with E-state index >= 15 is 0 Å². The SMILES string of the molecule is CCCPOP(=O)(OC(C)C)OC(C)C. The minimum absolute atomic E-state index is 0.166. The summed E-state index contributed by atoms with van der Waals surface area (Å²) in [7, 11) is -3.18. The van der Waals surface area contributed by atoms with E-state index < -0.39 is 7.82 Å². The zero-order valence-corrected chi connectivity index (χ0v) is 12.0. The fourth-order valence-electron chi connectivity index (χ4n) is 0.811. The van der Waals surface area contributed by atoms with Crippen LogP contribution in [0.2, 0.25) is 0 Å². The predicted molar refractivity (Wildman–Crippen MR) is 64.6 cm³/mol. The highest BCUT2D eigenvalue weighted by molar-refractivity contribution is 7.56. The van der Waals surface area contributed by atoms with Gasteiger partial charge in [-0.1, -0.05) is 13.3 Å². The second kappa shape index (κ2) is 7.76. The first-order valence-electron chi connectivity index (χ1n) is 5.28. The summed E-state index contributed by atoms with van der Waals surface area (Å²) in [5.74, 6) is 0. The molecular formula is C9H22O4P2. The highest BCUT2D eigenvalue weighted by Gasteiger charge is 2.29. The molecule has 92 valence electrons. The molecule has 0 aliphatic rings. The molecule has 0 aromatic rings. The third-order valence-electron chi connectivity index (χ3n) is 1.21. The Morgan fingerprint density at radius 1 is 1.13 bits per heavy atom. The van der Waals surface area contributed by atoms with Crippen LogP contribution in [0, 0.1) is 0 Å². The van der Waals surface area contributed by atoms with Crippen LogP contribution >= 0.6 is 16.6 Å². The average molecular weight is 256 g/mol. The zero-order valence-electron chi connectivity index (χ0n) is 10.1. The van der Waals surface area contributed by atoms with Crippen molar-refractivity contribution >= 4 is 16.6 Å². The standard InChI is InChI=1S/C9H22O4P2/c1-6-7-14-13-15(10,11-8(2)3)12-9(4)5/h8-9,14H,6-7H2,1-5H3. The van der Waals surface area contributed by atoms with E-state index in [0.717, 1.165) is 12.6 Å². The monoisotopic (exact) mass is 256 g/mol. The van der Waals surface area contributed by atoms with E-state index in [9.17, 15) is 4.57 Å². The van der Waals surface area contributed by atoms with Crippen LogP contribution in [0.25, 0.3) is 0 Å². The minimum Gasteiger partial charge on any atom is -0.284 e. The van der Waals surface area contributed by atoms with Crippen molar-refractivity contribution in [2.45, 2.75) is 53.2 Å². The zero-order chi connectivity index (χ0) is 11.9. The van der Waals surface area contributed by atoms with Crippen molar-refractivity contribution in [3.05, 3.63) is 0 Å². The van der Waals surface area contributed by atoms with Crippen LogP contribution in [0.3, 0.4) is 0 Å². The Hall–Kier alpha value is 0.540. The molecule has 0 aromatic carbocycles. The van der Waals surface area contributed by atoms with Crippen LogP contribution in [0.5, 0.6) is 0 Å². The summed E-state index contributed by atoms with van der Waals surface area (Å²) in [4.78, 5) is 0. The summed E-state index contributed by atoms with van der Waals surface area (Å²) < 4.78 is 27.7. The van der Waals surface area contributed by atoms with Crippen molar-refractivity contribution in [1.29, 1.82) is 0 Å². The number of hydrogen-bond donors (Lipinski definition) is 0. The summed E-state index contributed by atoms with van der Waals surface area (Å²) in [5, 5.41) is 0. The van der Waals surface area contributed by atoms with Crippen LogP contribution in [-0.4, -0.2) is 18.4 Å². The summed E-state index contributed by atoms with van der Waals surface area (Å²) in [6.07, 6.45) is 1.55. The van der Waals surface area contributed by atoms with Crippen LogP contribution in [-0.2, 0) is 17.9 Å². The number of phosphoric acid groups is 1. The maximum absolute atomic E-state index is 12.0. The molecule has 0 amide bonds. The van der Waals surface area contributed by atoms with Gasteiger partial charge in [0.2, 0.25) is 0 Å². The molecule has 1 unspecified atom stereocenters. The Balaban J connectivity index is 4.21. The van der Waals surface area contributed by atoms with Gasteiger partial charge in [-0.15, -0.1) is 0 Å². The molecule has 6 heteroatoms. The normalized spacial score (nSPS) is 13.5. The van der Waals surface area contributed by atoms with E-state index in [4.69, 9.17) is 13.4 Å². The summed E-state index contributed by atoms with van der Waals surface area (Å²) in [6.45, 7) is 9.28. The lowest BCUT2D eigenvalue weighted by Crippen LogP contribution is -2.08. The molecule has 0 radical (unpaired) electrons. The Bertz CT molecular complexity index is 192. The van der Waals surface area contributed by atoms with Crippen LogP contribution in [0.1, 0.15) is 41.0 Å². The van der Waals surface area contributed by atoms with Gasteiger partial charge in [0.25, 0.3) is 0 Å². The third kappa shape index (κ3) is 8.36. The van der Waals surface area contributed by atoms with E-state index in [0.29, 0.717) is 0 Å². The Labute approximate surface area is 94.6 Å². The molecule has 0 aliphatic heterocycles. The maximum Gasteiger partial charge on any atom is 0.478 e. The van der Waals surface area contributed by atoms with Gasteiger partial charge in [0, 0.05) is 8.81 Å². The van der Waals surface area contributed by atoms with E-state index in [1.807, 2.05) is 34.6 Å².